The van der Waals surface area contributed by atoms with E-state index in [1.54, 1.807) is 0 Å². The Labute approximate surface area is 119 Å². The molecule has 0 bridgehead atoms. The second-order valence-electron chi connectivity index (χ2n) is 4.81. The quantitative estimate of drug-likeness (QED) is 0.781. The fourth-order valence-electron chi connectivity index (χ4n) is 1.78. The average Bonchev–Trinajstić information content (AvgIpc) is 2.33. The Morgan fingerprint density at radius 2 is 1.90 bits per heavy atom. The van der Waals surface area contributed by atoms with Crippen molar-refractivity contribution in [2.45, 2.75) is 32.2 Å². The molecule has 0 aromatic heterocycles. The van der Waals surface area contributed by atoms with Gasteiger partial charge in [-0.2, -0.15) is 8.42 Å². The van der Waals surface area contributed by atoms with Crippen molar-refractivity contribution in [3.63, 3.8) is 0 Å². The first-order chi connectivity index (χ1) is 9.28. The summed E-state index contributed by atoms with van der Waals surface area (Å²) in [5, 5.41) is 7.59. The minimum Gasteiger partial charge on any atom is -0.354 e. The maximum atomic E-state index is 11.8. The van der Waals surface area contributed by atoms with Crippen LogP contribution in [0.5, 0.6) is 0 Å². The van der Waals surface area contributed by atoms with E-state index in [2.05, 4.69) is 9.50 Å². The highest BCUT2D eigenvalue weighted by molar-refractivity contribution is 7.84. The van der Waals surface area contributed by atoms with E-state index in [0.717, 1.165) is 5.56 Å². The number of nitrogens with one attached hydrogen (secondary N) is 1. The Kier molecular flexibility index (Phi) is 6.12. The van der Waals surface area contributed by atoms with Crippen molar-refractivity contribution in [3.8, 4) is 0 Å². The van der Waals surface area contributed by atoms with E-state index >= 15 is 0 Å². The topological polar surface area (TPSA) is 98.5 Å². The van der Waals surface area contributed by atoms with Gasteiger partial charge in [0.15, 0.2) is 0 Å². The predicted molar refractivity (Wildman–Crippen MR) is 76.1 cm³/mol. The van der Waals surface area contributed by atoms with E-state index in [0.29, 0.717) is 0 Å². The lowest BCUT2D eigenvalue weighted by atomic mass is 9.96. The zero-order valence-electron chi connectivity index (χ0n) is 11.6. The van der Waals surface area contributed by atoms with E-state index in [-0.39, 0.29) is 30.9 Å². The van der Waals surface area contributed by atoms with Crippen LogP contribution in [0.15, 0.2) is 30.3 Å². The van der Waals surface area contributed by atoms with Crippen molar-refractivity contribution in [1.82, 2.24) is 5.32 Å². The third-order valence-corrected chi connectivity index (χ3v) is 3.05. The molecule has 6 nitrogen and oxygen atoms in total. The molecule has 0 saturated heterocycles. The Balaban J connectivity index is 2.77. The summed E-state index contributed by atoms with van der Waals surface area (Å²) in [5.41, 5.74) is 0.829. The highest BCUT2D eigenvalue weighted by Gasteiger charge is 2.19. The number of amides is 1. The van der Waals surface area contributed by atoms with E-state index < -0.39 is 10.3 Å². The van der Waals surface area contributed by atoms with Crippen molar-refractivity contribution in [2.75, 3.05) is 6.61 Å². The number of hydrogen-bond donors (Lipinski definition) is 2. The van der Waals surface area contributed by atoms with Gasteiger partial charge in [-0.25, -0.2) is 5.14 Å². The van der Waals surface area contributed by atoms with Crippen molar-refractivity contribution < 1.29 is 17.4 Å². The van der Waals surface area contributed by atoms with Crippen LogP contribution in [-0.4, -0.2) is 27.0 Å². The molecule has 1 amide bonds. The highest BCUT2D eigenvalue weighted by Crippen LogP contribution is 2.20. The van der Waals surface area contributed by atoms with Crippen molar-refractivity contribution >= 4 is 16.2 Å². The lowest BCUT2D eigenvalue weighted by Gasteiger charge is -2.17. The van der Waals surface area contributed by atoms with Crippen LogP contribution in [0.1, 0.15) is 31.7 Å². The first-order valence-electron chi connectivity index (χ1n) is 6.29. The summed E-state index contributed by atoms with van der Waals surface area (Å²) in [6.07, 6.45) is 0.137. The SMILES string of the molecule is CC(C)NC(=O)C[C@H](COS(N)(=O)=O)c1ccccc1. The van der Waals surface area contributed by atoms with Crippen LogP contribution in [0.25, 0.3) is 0 Å². The predicted octanol–water partition coefficient (Wildman–Crippen LogP) is 0.905. The van der Waals surface area contributed by atoms with Gasteiger partial charge in [0.2, 0.25) is 5.91 Å². The molecule has 0 unspecified atom stereocenters. The monoisotopic (exact) mass is 300 g/mol. The zero-order valence-corrected chi connectivity index (χ0v) is 12.4. The van der Waals surface area contributed by atoms with Gasteiger partial charge in [0.25, 0.3) is 0 Å². The smallest absolute Gasteiger partial charge is 0.333 e. The second kappa shape index (κ2) is 7.37. The van der Waals surface area contributed by atoms with E-state index in [1.807, 2.05) is 44.2 Å². The number of carbonyl (C=O) groups excluding carboxylic acids is 1. The van der Waals surface area contributed by atoms with Crippen LogP contribution in [0.2, 0.25) is 0 Å². The number of rotatable bonds is 7. The Morgan fingerprint density at radius 3 is 2.40 bits per heavy atom. The molecule has 1 aromatic carbocycles. The van der Waals surface area contributed by atoms with Crippen LogP contribution in [0, 0.1) is 0 Å². The third kappa shape index (κ3) is 6.65. The number of carbonyl (C=O) groups is 1. The molecule has 1 rings (SSSR count). The van der Waals surface area contributed by atoms with Crippen molar-refractivity contribution in [2.24, 2.45) is 5.14 Å². The molecule has 0 aliphatic heterocycles. The standard InChI is InChI=1S/C13H20N2O4S/c1-10(2)15-13(16)8-12(9-19-20(14,17)18)11-6-4-3-5-7-11/h3-7,10,12H,8-9H2,1-2H3,(H,15,16)(H2,14,17,18)/t12-/m1/s1. The first kappa shape index (κ1) is 16.6. The molecule has 0 radical (unpaired) electrons. The van der Waals surface area contributed by atoms with E-state index in [1.165, 1.54) is 0 Å². The Bertz CT molecular complexity index is 529. The molecule has 0 fully saturated rings. The molecule has 0 aliphatic carbocycles. The van der Waals surface area contributed by atoms with E-state index in [9.17, 15) is 13.2 Å². The highest BCUT2D eigenvalue weighted by atomic mass is 32.2. The molecule has 7 heteroatoms. The fraction of sp³-hybridized carbons (Fsp3) is 0.462. The Hall–Kier alpha value is -1.44. The molecule has 20 heavy (non-hydrogen) atoms. The van der Waals surface area contributed by atoms with Gasteiger partial charge in [-0.3, -0.25) is 8.98 Å². The normalized spacial score (nSPS) is 13.2. The van der Waals surface area contributed by atoms with Gasteiger partial charge in [-0.15, -0.1) is 0 Å². The first-order valence-corrected chi connectivity index (χ1v) is 7.76. The van der Waals surface area contributed by atoms with Gasteiger partial charge < -0.3 is 5.32 Å². The molecule has 3 N–H and O–H groups in total. The lowest BCUT2D eigenvalue weighted by Crippen LogP contribution is -2.32. The number of hydrogen-bond acceptors (Lipinski definition) is 4. The maximum absolute atomic E-state index is 11.8. The van der Waals surface area contributed by atoms with E-state index in [4.69, 9.17) is 5.14 Å². The summed E-state index contributed by atoms with van der Waals surface area (Å²) in [7, 11) is -4.02. The molecule has 1 atom stereocenters. The van der Waals surface area contributed by atoms with Crippen molar-refractivity contribution in [1.29, 1.82) is 0 Å². The number of benzene rings is 1. The summed E-state index contributed by atoms with van der Waals surface area (Å²) in [6.45, 7) is 3.56. The molecule has 0 aliphatic rings. The number of nitrogens with two attached hydrogens (primary N) is 1. The van der Waals surface area contributed by atoms with Crippen LogP contribution >= 0.6 is 0 Å². The van der Waals surface area contributed by atoms with Gasteiger partial charge >= 0.3 is 10.3 Å². The largest absolute Gasteiger partial charge is 0.354 e. The summed E-state index contributed by atoms with van der Waals surface area (Å²) < 4.78 is 26.4. The van der Waals surface area contributed by atoms with Gasteiger partial charge in [0, 0.05) is 18.4 Å². The Morgan fingerprint density at radius 1 is 1.30 bits per heavy atom. The second-order valence-corrected chi connectivity index (χ2v) is 6.03. The van der Waals surface area contributed by atoms with Crippen LogP contribution in [0.4, 0.5) is 0 Å². The molecule has 0 spiro atoms. The molecule has 0 saturated carbocycles. The summed E-state index contributed by atoms with van der Waals surface area (Å²) in [6, 6.07) is 9.15. The van der Waals surface area contributed by atoms with Gasteiger partial charge in [-0.05, 0) is 19.4 Å². The molecule has 112 valence electrons. The molecular formula is C13H20N2O4S. The van der Waals surface area contributed by atoms with Gasteiger partial charge in [0.05, 0.1) is 6.61 Å². The molecule has 1 aromatic rings. The molecular weight excluding hydrogens is 280 g/mol. The molecule has 0 heterocycles. The van der Waals surface area contributed by atoms with Crippen molar-refractivity contribution in [3.05, 3.63) is 35.9 Å². The summed E-state index contributed by atoms with van der Waals surface area (Å²) >= 11 is 0. The van der Waals surface area contributed by atoms with Crippen LogP contribution < -0.4 is 10.5 Å². The van der Waals surface area contributed by atoms with Crippen LogP contribution in [0.3, 0.4) is 0 Å². The zero-order chi connectivity index (χ0) is 15.2. The summed E-state index contributed by atoms with van der Waals surface area (Å²) in [5.74, 6) is -0.528. The minimum atomic E-state index is -4.02. The lowest BCUT2D eigenvalue weighted by molar-refractivity contribution is -0.122. The van der Waals surface area contributed by atoms with Gasteiger partial charge in [0.1, 0.15) is 0 Å². The average molecular weight is 300 g/mol. The fourth-order valence-corrected chi connectivity index (χ4v) is 2.13. The summed E-state index contributed by atoms with van der Waals surface area (Å²) in [4.78, 5) is 11.8. The van der Waals surface area contributed by atoms with Crippen LogP contribution in [-0.2, 0) is 19.3 Å². The maximum Gasteiger partial charge on any atom is 0.333 e. The third-order valence-electron chi connectivity index (χ3n) is 2.59. The van der Waals surface area contributed by atoms with Gasteiger partial charge in [-0.1, -0.05) is 30.3 Å². The minimum absolute atomic E-state index is 0.0260.